The Labute approximate surface area is 111 Å². The van der Waals surface area contributed by atoms with Gasteiger partial charge in [0.1, 0.15) is 5.69 Å². The standard InChI is InChI=1S/C13H17NO5/c15-12(8-17-9-13-18-5-6-19-13)7-10-1-3-11(14-16)4-2-10/h1-4,12-13,15H,5-9H2. The van der Waals surface area contributed by atoms with Gasteiger partial charge in [0.05, 0.1) is 32.5 Å². The van der Waals surface area contributed by atoms with E-state index in [1.807, 2.05) is 0 Å². The van der Waals surface area contributed by atoms with E-state index < -0.39 is 6.10 Å². The Morgan fingerprint density at radius 2 is 2.00 bits per heavy atom. The molecule has 0 aromatic heterocycles. The summed E-state index contributed by atoms with van der Waals surface area (Å²) in [5, 5.41) is 12.6. The lowest BCUT2D eigenvalue weighted by Crippen LogP contribution is -2.23. The first kappa shape index (κ1) is 14.1. The second-order valence-corrected chi connectivity index (χ2v) is 4.32. The lowest BCUT2D eigenvalue weighted by Gasteiger charge is -2.13. The molecule has 1 aromatic carbocycles. The molecule has 0 saturated carbocycles. The minimum Gasteiger partial charge on any atom is -0.390 e. The first-order chi connectivity index (χ1) is 9.28. The van der Waals surface area contributed by atoms with Crippen molar-refractivity contribution >= 4 is 5.69 Å². The van der Waals surface area contributed by atoms with Crippen LogP contribution in [-0.2, 0) is 20.6 Å². The van der Waals surface area contributed by atoms with Crippen molar-refractivity contribution in [2.75, 3.05) is 26.4 Å². The third-order valence-corrected chi connectivity index (χ3v) is 2.77. The van der Waals surface area contributed by atoms with Crippen molar-refractivity contribution in [2.45, 2.75) is 18.8 Å². The lowest BCUT2D eigenvalue weighted by molar-refractivity contribution is -0.104. The Kier molecular flexibility index (Phi) is 5.41. The number of aliphatic hydroxyl groups excluding tert-OH is 1. The average molecular weight is 267 g/mol. The Bertz CT molecular complexity index is 389. The highest BCUT2D eigenvalue weighted by atomic mass is 16.7. The number of hydrogen-bond acceptors (Lipinski definition) is 6. The van der Waals surface area contributed by atoms with Crippen LogP contribution in [0.3, 0.4) is 0 Å². The van der Waals surface area contributed by atoms with Gasteiger partial charge in [-0.1, -0.05) is 12.1 Å². The molecule has 0 bridgehead atoms. The highest BCUT2D eigenvalue weighted by Gasteiger charge is 2.16. The topological polar surface area (TPSA) is 77.4 Å². The van der Waals surface area contributed by atoms with Gasteiger partial charge >= 0.3 is 0 Å². The Balaban J connectivity index is 1.67. The molecule has 6 heteroatoms. The van der Waals surface area contributed by atoms with E-state index in [4.69, 9.17) is 14.2 Å². The second-order valence-electron chi connectivity index (χ2n) is 4.32. The van der Waals surface area contributed by atoms with Gasteiger partial charge in [0.2, 0.25) is 0 Å². The van der Waals surface area contributed by atoms with Crippen molar-refractivity contribution in [2.24, 2.45) is 5.18 Å². The minimum absolute atomic E-state index is 0.219. The van der Waals surface area contributed by atoms with Gasteiger partial charge < -0.3 is 19.3 Å². The molecule has 6 nitrogen and oxygen atoms in total. The summed E-state index contributed by atoms with van der Waals surface area (Å²) >= 11 is 0. The van der Waals surface area contributed by atoms with Crippen LogP contribution in [0.1, 0.15) is 5.56 Å². The van der Waals surface area contributed by atoms with Crippen LogP contribution >= 0.6 is 0 Å². The summed E-state index contributed by atoms with van der Waals surface area (Å²) in [4.78, 5) is 10.3. The third-order valence-electron chi connectivity index (χ3n) is 2.77. The molecule has 0 aliphatic carbocycles. The van der Waals surface area contributed by atoms with Crippen LogP contribution in [0, 0.1) is 4.91 Å². The summed E-state index contributed by atoms with van der Waals surface area (Å²) in [6.45, 7) is 1.73. The van der Waals surface area contributed by atoms with E-state index in [9.17, 15) is 10.0 Å². The summed E-state index contributed by atoms with van der Waals surface area (Å²) in [5.41, 5.74) is 1.31. The first-order valence-electron chi connectivity index (χ1n) is 6.19. The minimum atomic E-state index is -0.601. The third kappa shape index (κ3) is 4.68. The van der Waals surface area contributed by atoms with Crippen LogP contribution in [0.5, 0.6) is 0 Å². The number of rotatable bonds is 7. The van der Waals surface area contributed by atoms with Gasteiger partial charge in [-0.3, -0.25) is 0 Å². The molecule has 1 unspecified atom stereocenters. The van der Waals surface area contributed by atoms with Gasteiger partial charge in [-0.15, -0.1) is 4.91 Å². The van der Waals surface area contributed by atoms with E-state index >= 15 is 0 Å². The van der Waals surface area contributed by atoms with E-state index in [0.29, 0.717) is 31.9 Å². The number of nitrogens with zero attached hydrogens (tertiary/aromatic N) is 1. The van der Waals surface area contributed by atoms with Gasteiger partial charge in [0, 0.05) is 6.42 Å². The van der Waals surface area contributed by atoms with Crippen molar-refractivity contribution in [3.05, 3.63) is 34.7 Å². The molecule has 1 aliphatic rings. The smallest absolute Gasteiger partial charge is 0.181 e. The van der Waals surface area contributed by atoms with E-state index in [0.717, 1.165) is 5.56 Å². The molecule has 1 saturated heterocycles. The number of ether oxygens (including phenoxy) is 3. The number of nitroso groups, excluding NO2 is 1. The van der Waals surface area contributed by atoms with Gasteiger partial charge in [0.15, 0.2) is 6.29 Å². The summed E-state index contributed by atoms with van der Waals surface area (Å²) in [6.07, 6.45) is -0.451. The zero-order valence-electron chi connectivity index (χ0n) is 10.5. The molecule has 1 fully saturated rings. The molecule has 1 heterocycles. The Morgan fingerprint density at radius 3 is 2.63 bits per heavy atom. The van der Waals surface area contributed by atoms with Crippen molar-refractivity contribution < 1.29 is 19.3 Å². The Hall–Kier alpha value is -1.34. The normalized spacial score (nSPS) is 17.5. The van der Waals surface area contributed by atoms with E-state index in [-0.39, 0.29) is 12.9 Å². The monoisotopic (exact) mass is 267 g/mol. The fraction of sp³-hybridized carbons (Fsp3) is 0.538. The first-order valence-corrected chi connectivity index (χ1v) is 6.19. The van der Waals surface area contributed by atoms with Crippen molar-refractivity contribution in [1.82, 2.24) is 0 Å². The molecule has 19 heavy (non-hydrogen) atoms. The SMILES string of the molecule is O=Nc1ccc(CC(O)COCC2OCCO2)cc1. The van der Waals surface area contributed by atoms with Crippen LogP contribution in [0.2, 0.25) is 0 Å². The maximum absolute atomic E-state index is 10.3. The summed E-state index contributed by atoms with van der Waals surface area (Å²) < 4.78 is 15.7. The van der Waals surface area contributed by atoms with Crippen molar-refractivity contribution in [1.29, 1.82) is 0 Å². The number of aliphatic hydroxyl groups is 1. The van der Waals surface area contributed by atoms with E-state index in [1.54, 1.807) is 24.3 Å². The summed E-state index contributed by atoms with van der Waals surface area (Å²) in [7, 11) is 0. The lowest BCUT2D eigenvalue weighted by atomic mass is 10.1. The summed E-state index contributed by atoms with van der Waals surface area (Å²) in [5.74, 6) is 0. The quantitative estimate of drug-likeness (QED) is 0.755. The second kappa shape index (κ2) is 7.30. The highest BCUT2D eigenvalue weighted by molar-refractivity contribution is 5.38. The van der Waals surface area contributed by atoms with Gasteiger partial charge in [-0.05, 0) is 22.9 Å². The van der Waals surface area contributed by atoms with Crippen LogP contribution in [0.25, 0.3) is 0 Å². The molecule has 1 aliphatic heterocycles. The fourth-order valence-corrected chi connectivity index (χ4v) is 1.83. The van der Waals surface area contributed by atoms with Crippen LogP contribution < -0.4 is 0 Å². The molecule has 1 N–H and O–H groups in total. The fourth-order valence-electron chi connectivity index (χ4n) is 1.83. The van der Waals surface area contributed by atoms with Crippen molar-refractivity contribution in [3.8, 4) is 0 Å². The maximum atomic E-state index is 10.3. The average Bonchev–Trinajstić information content (AvgIpc) is 2.93. The molecule has 0 spiro atoms. The molecule has 104 valence electrons. The van der Waals surface area contributed by atoms with Gasteiger partial charge in [0.25, 0.3) is 0 Å². The maximum Gasteiger partial charge on any atom is 0.181 e. The largest absolute Gasteiger partial charge is 0.390 e. The molecule has 2 rings (SSSR count). The van der Waals surface area contributed by atoms with E-state index in [1.165, 1.54) is 0 Å². The van der Waals surface area contributed by atoms with E-state index in [2.05, 4.69) is 5.18 Å². The van der Waals surface area contributed by atoms with Gasteiger partial charge in [-0.25, -0.2) is 0 Å². The molecular formula is C13H17NO5. The van der Waals surface area contributed by atoms with Crippen LogP contribution in [-0.4, -0.2) is 43.9 Å². The molecular weight excluding hydrogens is 250 g/mol. The van der Waals surface area contributed by atoms with Gasteiger partial charge in [-0.2, -0.15) is 0 Å². The van der Waals surface area contributed by atoms with Crippen LogP contribution in [0.15, 0.2) is 29.4 Å². The zero-order chi connectivity index (χ0) is 13.5. The predicted molar refractivity (Wildman–Crippen MR) is 68.1 cm³/mol. The predicted octanol–water partition coefficient (Wildman–Crippen LogP) is 1.38. The molecule has 1 atom stereocenters. The molecule has 1 aromatic rings. The Morgan fingerprint density at radius 1 is 1.32 bits per heavy atom. The highest BCUT2D eigenvalue weighted by Crippen LogP contribution is 2.13. The number of benzene rings is 1. The number of hydrogen-bond donors (Lipinski definition) is 1. The summed E-state index contributed by atoms with van der Waals surface area (Å²) in [6, 6.07) is 6.78. The molecule has 0 radical (unpaired) electrons. The zero-order valence-corrected chi connectivity index (χ0v) is 10.5. The molecule has 0 amide bonds. The van der Waals surface area contributed by atoms with Crippen molar-refractivity contribution in [3.63, 3.8) is 0 Å². The van der Waals surface area contributed by atoms with Crippen LogP contribution in [0.4, 0.5) is 5.69 Å².